The van der Waals surface area contributed by atoms with Crippen LogP contribution < -0.4 is 10.6 Å². The molecule has 7 nitrogen and oxygen atoms in total. The van der Waals surface area contributed by atoms with Crippen LogP contribution in [0.15, 0.2) is 47.4 Å². The maximum absolute atomic E-state index is 13.4. The first-order valence-corrected chi connectivity index (χ1v) is 9.76. The Hall–Kier alpha value is -3.03. The van der Waals surface area contributed by atoms with Crippen molar-refractivity contribution in [2.24, 2.45) is 0 Å². The van der Waals surface area contributed by atoms with Crippen molar-refractivity contribution in [2.75, 3.05) is 18.4 Å². The summed E-state index contributed by atoms with van der Waals surface area (Å²) < 4.78 is 52.9. The molecule has 1 heterocycles. The molecule has 1 aliphatic heterocycles. The molecule has 1 fully saturated rings. The first kappa shape index (κ1) is 19.7. The predicted octanol–water partition coefficient (Wildman–Crippen LogP) is 2.42. The van der Waals surface area contributed by atoms with Crippen LogP contribution in [0.25, 0.3) is 0 Å². The Bertz CT molecular complexity index is 1040. The second kappa shape index (κ2) is 7.92. The third kappa shape index (κ3) is 4.27. The van der Waals surface area contributed by atoms with Gasteiger partial charge in [-0.05, 0) is 48.9 Å². The monoisotopic (exact) mass is 406 g/mol. The molecule has 0 bridgehead atoms. The van der Waals surface area contributed by atoms with E-state index in [1.165, 1.54) is 28.6 Å². The SMILES string of the molecule is N#Cc1cc(S(=O)(=O)N2CCC(NC(=O)Nc3ccc(F)cc3)C2)ccc1F. The standard InChI is InChI=1S/C18H16F2N4O3S/c19-13-1-3-14(4-2-13)22-18(25)23-15-7-8-24(11-15)28(26,27)16-5-6-17(20)12(9-16)10-21/h1-6,9,15H,7-8,11H2,(H2,22,23,25). The number of nitrogens with one attached hydrogen (secondary N) is 2. The van der Waals surface area contributed by atoms with E-state index in [1.54, 1.807) is 6.07 Å². The van der Waals surface area contributed by atoms with Gasteiger partial charge in [0.05, 0.1) is 10.5 Å². The van der Waals surface area contributed by atoms with Gasteiger partial charge < -0.3 is 10.6 Å². The Balaban J connectivity index is 1.63. The zero-order valence-corrected chi connectivity index (χ0v) is 15.3. The maximum atomic E-state index is 13.4. The highest BCUT2D eigenvalue weighted by Crippen LogP contribution is 2.23. The van der Waals surface area contributed by atoms with Crippen molar-refractivity contribution in [2.45, 2.75) is 17.4 Å². The van der Waals surface area contributed by atoms with Gasteiger partial charge in [0, 0.05) is 24.8 Å². The molecular weight excluding hydrogens is 390 g/mol. The van der Waals surface area contributed by atoms with E-state index >= 15 is 0 Å². The van der Waals surface area contributed by atoms with Crippen molar-refractivity contribution in [3.8, 4) is 6.07 Å². The summed E-state index contributed by atoms with van der Waals surface area (Å²) in [5.41, 5.74) is 0.0466. The van der Waals surface area contributed by atoms with Gasteiger partial charge in [0.25, 0.3) is 0 Å². The molecule has 0 aromatic heterocycles. The molecule has 2 amide bonds. The van der Waals surface area contributed by atoms with Crippen LogP contribution in [-0.2, 0) is 10.0 Å². The summed E-state index contributed by atoms with van der Waals surface area (Å²) in [6, 6.07) is 8.91. The summed E-state index contributed by atoms with van der Waals surface area (Å²) in [5.74, 6) is -1.22. The number of benzene rings is 2. The summed E-state index contributed by atoms with van der Waals surface area (Å²) in [6.07, 6.45) is 0.391. The van der Waals surface area contributed by atoms with Crippen molar-refractivity contribution in [1.82, 2.24) is 9.62 Å². The lowest BCUT2D eigenvalue weighted by Gasteiger charge is -2.17. The number of sulfonamides is 1. The van der Waals surface area contributed by atoms with Gasteiger partial charge in [-0.25, -0.2) is 22.0 Å². The smallest absolute Gasteiger partial charge is 0.319 e. The Labute approximate surface area is 160 Å². The third-order valence-corrected chi connectivity index (χ3v) is 6.15. The minimum absolute atomic E-state index is 0.0401. The lowest BCUT2D eigenvalue weighted by molar-refractivity contribution is 0.248. The fourth-order valence-corrected chi connectivity index (χ4v) is 4.38. The first-order valence-electron chi connectivity index (χ1n) is 8.32. The lowest BCUT2D eigenvalue weighted by Crippen LogP contribution is -2.40. The number of urea groups is 1. The quantitative estimate of drug-likeness (QED) is 0.814. The van der Waals surface area contributed by atoms with Crippen molar-refractivity contribution >= 4 is 21.7 Å². The topological polar surface area (TPSA) is 102 Å². The van der Waals surface area contributed by atoms with Crippen LogP contribution in [0.4, 0.5) is 19.3 Å². The molecule has 1 aliphatic rings. The number of nitrogens with zero attached hydrogens (tertiary/aromatic N) is 2. The van der Waals surface area contributed by atoms with E-state index in [4.69, 9.17) is 5.26 Å². The third-order valence-electron chi connectivity index (χ3n) is 4.28. The first-order chi connectivity index (χ1) is 13.3. The van der Waals surface area contributed by atoms with Crippen molar-refractivity contribution in [1.29, 1.82) is 5.26 Å². The van der Waals surface area contributed by atoms with Crippen LogP contribution in [0.1, 0.15) is 12.0 Å². The Kier molecular flexibility index (Phi) is 5.58. The van der Waals surface area contributed by atoms with E-state index in [9.17, 15) is 22.0 Å². The molecule has 2 aromatic rings. The highest BCUT2D eigenvalue weighted by molar-refractivity contribution is 7.89. The number of carbonyl (C=O) groups is 1. The van der Waals surface area contributed by atoms with Gasteiger partial charge in [-0.15, -0.1) is 0 Å². The molecule has 0 radical (unpaired) electrons. The molecule has 1 unspecified atom stereocenters. The highest BCUT2D eigenvalue weighted by atomic mass is 32.2. The van der Waals surface area contributed by atoms with E-state index in [2.05, 4.69) is 10.6 Å². The number of amides is 2. The van der Waals surface area contributed by atoms with Gasteiger partial charge in [0.15, 0.2) is 0 Å². The van der Waals surface area contributed by atoms with E-state index in [0.717, 1.165) is 18.2 Å². The van der Waals surface area contributed by atoms with Crippen molar-refractivity contribution in [3.63, 3.8) is 0 Å². The van der Waals surface area contributed by atoms with E-state index in [1.807, 2.05) is 0 Å². The number of nitriles is 1. The average Bonchev–Trinajstić information content (AvgIpc) is 3.13. The van der Waals surface area contributed by atoms with Crippen molar-refractivity contribution in [3.05, 3.63) is 59.7 Å². The number of anilines is 1. The molecule has 1 atom stereocenters. The van der Waals surface area contributed by atoms with Gasteiger partial charge in [-0.3, -0.25) is 0 Å². The molecule has 0 saturated carbocycles. The molecule has 2 N–H and O–H groups in total. The van der Waals surface area contributed by atoms with Crippen LogP contribution >= 0.6 is 0 Å². The van der Waals surface area contributed by atoms with E-state index in [0.29, 0.717) is 12.1 Å². The number of halogens is 2. The van der Waals surface area contributed by atoms with Crippen LogP contribution in [0.5, 0.6) is 0 Å². The average molecular weight is 406 g/mol. The molecule has 2 aromatic carbocycles. The Morgan fingerprint density at radius 2 is 1.89 bits per heavy atom. The van der Waals surface area contributed by atoms with Gasteiger partial charge in [-0.2, -0.15) is 9.57 Å². The number of rotatable bonds is 4. The van der Waals surface area contributed by atoms with Gasteiger partial charge in [-0.1, -0.05) is 0 Å². The highest BCUT2D eigenvalue weighted by Gasteiger charge is 2.33. The zero-order valence-electron chi connectivity index (χ0n) is 14.5. The van der Waals surface area contributed by atoms with Crippen molar-refractivity contribution < 1.29 is 22.0 Å². The molecule has 0 spiro atoms. The van der Waals surface area contributed by atoms with E-state index < -0.39 is 33.7 Å². The molecule has 10 heteroatoms. The molecule has 0 aliphatic carbocycles. The summed E-state index contributed by atoms with van der Waals surface area (Å²) >= 11 is 0. The Morgan fingerprint density at radius 3 is 2.57 bits per heavy atom. The van der Waals surface area contributed by atoms with Crippen LogP contribution in [-0.4, -0.2) is 37.9 Å². The zero-order chi connectivity index (χ0) is 20.3. The molecule has 1 saturated heterocycles. The largest absolute Gasteiger partial charge is 0.334 e. The number of hydrogen-bond donors (Lipinski definition) is 2. The van der Waals surface area contributed by atoms with E-state index in [-0.39, 0.29) is 23.5 Å². The molecular formula is C18H16F2N4O3S. The van der Waals surface area contributed by atoms with Gasteiger partial charge in [0.1, 0.15) is 17.7 Å². The predicted molar refractivity (Wildman–Crippen MR) is 96.8 cm³/mol. The summed E-state index contributed by atoms with van der Waals surface area (Å²) in [7, 11) is -3.92. The normalized spacial score (nSPS) is 17.1. The summed E-state index contributed by atoms with van der Waals surface area (Å²) in [5, 5.41) is 14.1. The van der Waals surface area contributed by atoms with Crippen LogP contribution in [0, 0.1) is 23.0 Å². The molecule has 3 rings (SSSR count). The number of carbonyl (C=O) groups excluding carboxylic acids is 1. The Morgan fingerprint density at radius 1 is 1.18 bits per heavy atom. The minimum Gasteiger partial charge on any atom is -0.334 e. The summed E-state index contributed by atoms with van der Waals surface area (Å²) in [4.78, 5) is 11.9. The van der Waals surface area contributed by atoms with Gasteiger partial charge >= 0.3 is 6.03 Å². The molecule has 146 valence electrons. The minimum atomic E-state index is -3.92. The second-order valence-electron chi connectivity index (χ2n) is 6.21. The van der Waals surface area contributed by atoms with Gasteiger partial charge in [0.2, 0.25) is 10.0 Å². The molecule has 28 heavy (non-hydrogen) atoms. The summed E-state index contributed by atoms with van der Waals surface area (Å²) in [6.45, 7) is 0.210. The second-order valence-corrected chi connectivity index (χ2v) is 8.15. The fraction of sp³-hybridized carbons (Fsp3) is 0.222. The number of hydrogen-bond acceptors (Lipinski definition) is 4. The lowest BCUT2D eigenvalue weighted by atomic mass is 10.2. The fourth-order valence-electron chi connectivity index (χ4n) is 2.85. The maximum Gasteiger partial charge on any atom is 0.319 e. The van der Waals surface area contributed by atoms with Crippen LogP contribution in [0.2, 0.25) is 0 Å². The van der Waals surface area contributed by atoms with Crippen LogP contribution in [0.3, 0.4) is 0 Å².